The van der Waals surface area contributed by atoms with Crippen molar-refractivity contribution in [2.75, 3.05) is 0 Å². The Hall–Kier alpha value is -2.76. The summed E-state index contributed by atoms with van der Waals surface area (Å²) in [6, 6.07) is 8.99. The Morgan fingerprint density at radius 3 is 2.44 bits per heavy atom. The summed E-state index contributed by atoms with van der Waals surface area (Å²) >= 11 is 0. The van der Waals surface area contributed by atoms with E-state index in [9.17, 15) is 23.5 Å². The van der Waals surface area contributed by atoms with Crippen molar-refractivity contribution in [2.45, 2.75) is 30.8 Å². The maximum absolute atomic E-state index is 13.8. The number of benzene rings is 2. The first kappa shape index (κ1) is 15.7. The molecule has 1 amide bonds. The van der Waals surface area contributed by atoms with E-state index in [0.29, 0.717) is 16.7 Å². The van der Waals surface area contributed by atoms with Gasteiger partial charge in [0.2, 0.25) is 0 Å². The fourth-order valence-corrected chi connectivity index (χ4v) is 3.62. The van der Waals surface area contributed by atoms with Crippen molar-refractivity contribution in [3.63, 3.8) is 0 Å². The van der Waals surface area contributed by atoms with Gasteiger partial charge in [0.15, 0.2) is 11.6 Å². The Balaban J connectivity index is 1.93. The zero-order valence-corrected chi connectivity index (χ0v) is 13.2. The van der Waals surface area contributed by atoms with E-state index in [2.05, 4.69) is 0 Å². The molecule has 0 spiro atoms. The van der Waals surface area contributed by atoms with E-state index in [-0.39, 0.29) is 11.9 Å². The molecule has 2 atom stereocenters. The molecule has 1 aliphatic carbocycles. The first-order chi connectivity index (χ1) is 12.0. The van der Waals surface area contributed by atoms with Crippen LogP contribution in [0.3, 0.4) is 0 Å². The van der Waals surface area contributed by atoms with Gasteiger partial charge in [0.25, 0.3) is 5.91 Å². The van der Waals surface area contributed by atoms with Crippen molar-refractivity contribution in [1.82, 2.24) is 4.90 Å². The molecule has 2 aromatic rings. The number of carboxylic acid groups (broad SMARTS) is 1. The number of rotatable bonds is 3. The lowest BCUT2D eigenvalue weighted by molar-refractivity contribution is -0.140. The Bertz CT molecular complexity index is 879. The molecule has 1 fully saturated rings. The molecule has 2 unspecified atom stereocenters. The van der Waals surface area contributed by atoms with Gasteiger partial charge in [-0.15, -0.1) is 0 Å². The number of carbonyl (C=O) groups is 2. The van der Waals surface area contributed by atoms with E-state index < -0.39 is 29.6 Å². The van der Waals surface area contributed by atoms with Crippen LogP contribution in [0.2, 0.25) is 0 Å². The van der Waals surface area contributed by atoms with Gasteiger partial charge in [0.1, 0.15) is 5.92 Å². The van der Waals surface area contributed by atoms with Crippen molar-refractivity contribution in [3.05, 3.63) is 70.8 Å². The van der Waals surface area contributed by atoms with Crippen LogP contribution in [0.4, 0.5) is 8.78 Å². The Kier molecular flexibility index (Phi) is 3.56. The van der Waals surface area contributed by atoms with Crippen LogP contribution in [-0.2, 0) is 4.79 Å². The molecule has 4 rings (SSSR count). The predicted molar refractivity (Wildman–Crippen MR) is 85.1 cm³/mol. The Labute approximate surface area is 142 Å². The fourth-order valence-electron chi connectivity index (χ4n) is 3.62. The van der Waals surface area contributed by atoms with Crippen LogP contribution >= 0.6 is 0 Å². The molecule has 1 N–H and O–H groups in total. The number of hydrogen-bond donors (Lipinski definition) is 1. The van der Waals surface area contributed by atoms with E-state index >= 15 is 0 Å². The lowest BCUT2D eigenvalue weighted by Gasteiger charge is -2.41. The van der Waals surface area contributed by atoms with Crippen LogP contribution in [0.25, 0.3) is 0 Å². The van der Waals surface area contributed by atoms with Gasteiger partial charge in [-0.05, 0) is 42.2 Å². The number of carbonyl (C=O) groups excluding carboxylic acids is 1. The van der Waals surface area contributed by atoms with Crippen molar-refractivity contribution in [1.29, 1.82) is 0 Å². The smallest absolute Gasteiger partial charge is 0.313 e. The van der Waals surface area contributed by atoms with E-state index in [1.54, 1.807) is 24.3 Å². The van der Waals surface area contributed by atoms with E-state index in [0.717, 1.165) is 25.0 Å². The summed E-state index contributed by atoms with van der Waals surface area (Å²) in [5.74, 6) is -4.44. The first-order valence-electron chi connectivity index (χ1n) is 8.08. The number of nitrogens with zero attached hydrogens (tertiary/aromatic N) is 1. The molecule has 0 aromatic heterocycles. The minimum atomic E-state index is -1.10. The molecule has 25 heavy (non-hydrogen) atoms. The van der Waals surface area contributed by atoms with E-state index in [1.807, 2.05) is 0 Å². The number of carboxylic acids is 1. The van der Waals surface area contributed by atoms with Crippen LogP contribution in [0.15, 0.2) is 42.5 Å². The molecule has 1 saturated carbocycles. The lowest BCUT2D eigenvalue weighted by Crippen LogP contribution is -2.46. The molecule has 128 valence electrons. The third-order valence-corrected chi connectivity index (χ3v) is 4.87. The fraction of sp³-hybridized carbons (Fsp3) is 0.263. The van der Waals surface area contributed by atoms with Gasteiger partial charge in [-0.3, -0.25) is 9.59 Å². The quantitative estimate of drug-likeness (QED) is 0.928. The molecular weight excluding hydrogens is 328 g/mol. The standard InChI is InChI=1S/C19H15F2NO3/c20-14-8-5-10(9-15(14)21)17-16(19(24)25)12-3-1-2-4-13(12)18(23)22(17)11-6-7-11/h1-5,8-9,11,16-17H,6-7H2,(H,24,25). The third-order valence-electron chi connectivity index (χ3n) is 4.87. The zero-order chi connectivity index (χ0) is 17.7. The highest BCUT2D eigenvalue weighted by Gasteiger charge is 2.49. The summed E-state index contributed by atoms with van der Waals surface area (Å²) in [6.45, 7) is 0. The van der Waals surface area contributed by atoms with Gasteiger partial charge in [-0.25, -0.2) is 8.78 Å². The highest BCUT2D eigenvalue weighted by atomic mass is 19.2. The Morgan fingerprint density at radius 2 is 1.80 bits per heavy atom. The minimum Gasteiger partial charge on any atom is -0.481 e. The van der Waals surface area contributed by atoms with Crippen LogP contribution in [0.1, 0.15) is 46.3 Å². The van der Waals surface area contributed by atoms with Gasteiger partial charge in [-0.2, -0.15) is 0 Å². The average Bonchev–Trinajstić information content (AvgIpc) is 3.41. The third kappa shape index (κ3) is 2.49. The van der Waals surface area contributed by atoms with E-state index in [1.165, 1.54) is 11.0 Å². The summed E-state index contributed by atoms with van der Waals surface area (Å²) in [7, 11) is 0. The maximum Gasteiger partial charge on any atom is 0.313 e. The van der Waals surface area contributed by atoms with Gasteiger partial charge in [0, 0.05) is 11.6 Å². The molecule has 6 heteroatoms. The van der Waals surface area contributed by atoms with Crippen molar-refractivity contribution in [2.24, 2.45) is 0 Å². The number of amides is 1. The van der Waals surface area contributed by atoms with Crippen LogP contribution < -0.4 is 0 Å². The maximum atomic E-state index is 13.8. The van der Waals surface area contributed by atoms with E-state index in [4.69, 9.17) is 0 Å². The molecular formula is C19H15F2NO3. The zero-order valence-electron chi connectivity index (χ0n) is 13.2. The second kappa shape index (κ2) is 5.65. The van der Waals surface area contributed by atoms with Gasteiger partial charge in [0.05, 0.1) is 6.04 Å². The molecule has 1 heterocycles. The SMILES string of the molecule is O=C(O)C1c2ccccc2C(=O)N(C2CC2)C1c1ccc(F)c(F)c1. The Morgan fingerprint density at radius 1 is 1.08 bits per heavy atom. The molecule has 2 aliphatic rings. The molecule has 1 aliphatic heterocycles. The molecule has 0 saturated heterocycles. The van der Waals surface area contributed by atoms with Crippen LogP contribution in [0.5, 0.6) is 0 Å². The van der Waals surface area contributed by atoms with Crippen LogP contribution in [-0.4, -0.2) is 27.9 Å². The van der Waals surface area contributed by atoms with Crippen molar-refractivity contribution < 1.29 is 23.5 Å². The summed E-state index contributed by atoms with van der Waals surface area (Å²) < 4.78 is 27.1. The highest BCUT2D eigenvalue weighted by molar-refractivity contribution is 6.00. The van der Waals surface area contributed by atoms with Gasteiger partial charge in [-0.1, -0.05) is 24.3 Å². The van der Waals surface area contributed by atoms with Crippen molar-refractivity contribution in [3.8, 4) is 0 Å². The second-order valence-electron chi connectivity index (χ2n) is 6.47. The summed E-state index contributed by atoms with van der Waals surface area (Å²) in [6.07, 6.45) is 1.56. The largest absolute Gasteiger partial charge is 0.481 e. The lowest BCUT2D eigenvalue weighted by atomic mass is 9.79. The molecule has 0 radical (unpaired) electrons. The summed E-state index contributed by atoms with van der Waals surface area (Å²) in [5.41, 5.74) is 1.06. The molecule has 0 bridgehead atoms. The predicted octanol–water partition coefficient (Wildman–Crippen LogP) is 3.49. The number of hydrogen-bond acceptors (Lipinski definition) is 2. The number of aliphatic carboxylic acids is 1. The number of halogens is 2. The average molecular weight is 343 g/mol. The van der Waals surface area contributed by atoms with Gasteiger partial charge < -0.3 is 10.0 Å². The molecule has 4 nitrogen and oxygen atoms in total. The summed E-state index contributed by atoms with van der Waals surface area (Å²) in [4.78, 5) is 26.5. The second-order valence-corrected chi connectivity index (χ2v) is 6.47. The van der Waals surface area contributed by atoms with Crippen molar-refractivity contribution >= 4 is 11.9 Å². The highest BCUT2D eigenvalue weighted by Crippen LogP contribution is 2.47. The molecule has 2 aromatic carbocycles. The minimum absolute atomic E-state index is 0.0687. The number of fused-ring (bicyclic) bond motifs is 1. The topological polar surface area (TPSA) is 57.6 Å². The summed E-state index contributed by atoms with van der Waals surface area (Å²) in [5, 5.41) is 9.84. The van der Waals surface area contributed by atoms with Crippen LogP contribution in [0, 0.1) is 11.6 Å². The monoisotopic (exact) mass is 343 g/mol. The normalized spacial score (nSPS) is 22.6. The first-order valence-corrected chi connectivity index (χ1v) is 8.08. The van der Waals surface area contributed by atoms with Gasteiger partial charge >= 0.3 is 5.97 Å².